The highest BCUT2D eigenvalue weighted by Crippen LogP contribution is 2.57. The third-order valence-electron chi connectivity index (χ3n) is 15.3. The van der Waals surface area contributed by atoms with Gasteiger partial charge in [0.15, 0.2) is 0 Å². The Bertz CT molecular complexity index is 3130. The highest BCUT2D eigenvalue weighted by Gasteiger charge is 2.49. The molecule has 5 aromatic carbocycles. The first-order chi connectivity index (χ1) is 30.8. The molecule has 310 valence electrons. The fourth-order valence-electron chi connectivity index (χ4n) is 12.1. The van der Waals surface area contributed by atoms with E-state index in [4.69, 9.17) is 0 Å². The minimum Gasteiger partial charge on any atom is -0.358 e. The summed E-state index contributed by atoms with van der Waals surface area (Å²) in [5.74, 6) is 0.402. The van der Waals surface area contributed by atoms with Gasteiger partial charge in [-0.05, 0) is 125 Å². The van der Waals surface area contributed by atoms with Gasteiger partial charge in [-0.15, -0.1) is 0 Å². The number of anilines is 4. The molecular formula is C60H55N3. The zero-order valence-electron chi connectivity index (χ0n) is 36.9. The summed E-state index contributed by atoms with van der Waals surface area (Å²) in [4.78, 5) is 5.23. The highest BCUT2D eigenvalue weighted by atomic mass is 15.2. The highest BCUT2D eigenvalue weighted by molar-refractivity contribution is 5.99. The van der Waals surface area contributed by atoms with Crippen LogP contribution in [0.3, 0.4) is 0 Å². The first kappa shape index (κ1) is 38.1. The normalized spacial score (nSPS) is 22.1. The SMILES string of the molecule is CC1(C)C2=C3C(CC=C2)C(C)(C)C2=c4c(c5cc(N(c6ccccc6)c6ccc(C7=CCCC=C7)cc6)cc1c5n43)=CC(N(c1ccccc1)C1C=CC(c3ccccc3)=CC1)C2. The molecule has 0 bridgehead atoms. The number of hydrogen-bond donors (Lipinski definition) is 0. The molecular weight excluding hydrogens is 763 g/mol. The lowest BCUT2D eigenvalue weighted by atomic mass is 9.61. The second kappa shape index (κ2) is 14.5. The van der Waals surface area contributed by atoms with Crippen molar-refractivity contribution in [2.24, 2.45) is 11.3 Å². The number of aromatic nitrogens is 1. The summed E-state index contributed by atoms with van der Waals surface area (Å²) >= 11 is 0. The van der Waals surface area contributed by atoms with E-state index in [0.717, 1.165) is 43.5 Å². The van der Waals surface area contributed by atoms with Gasteiger partial charge in [-0.3, -0.25) is 0 Å². The molecule has 0 saturated carbocycles. The molecule has 12 rings (SSSR count). The van der Waals surface area contributed by atoms with E-state index < -0.39 is 0 Å². The third-order valence-corrected chi connectivity index (χ3v) is 15.3. The maximum atomic E-state index is 2.77. The molecule has 0 spiro atoms. The van der Waals surface area contributed by atoms with Gasteiger partial charge in [-0.25, -0.2) is 0 Å². The molecule has 3 heteroatoms. The molecule has 3 heterocycles. The summed E-state index contributed by atoms with van der Waals surface area (Å²) in [6.07, 6.45) is 27.1. The van der Waals surface area contributed by atoms with Crippen molar-refractivity contribution in [1.29, 1.82) is 0 Å². The van der Waals surface area contributed by atoms with Gasteiger partial charge in [-0.2, -0.15) is 0 Å². The molecule has 0 amide bonds. The van der Waals surface area contributed by atoms with E-state index in [1.54, 1.807) is 5.57 Å². The Morgan fingerprint density at radius 1 is 0.603 bits per heavy atom. The van der Waals surface area contributed by atoms with E-state index in [-0.39, 0.29) is 22.9 Å². The average Bonchev–Trinajstić information content (AvgIpc) is 3.66. The van der Waals surface area contributed by atoms with Crippen molar-refractivity contribution in [2.45, 2.75) is 77.3 Å². The molecule has 1 aromatic heterocycles. The Kier molecular flexibility index (Phi) is 8.77. The zero-order chi connectivity index (χ0) is 42.5. The van der Waals surface area contributed by atoms with Crippen molar-refractivity contribution in [2.75, 3.05) is 9.80 Å². The maximum absolute atomic E-state index is 2.77. The summed E-state index contributed by atoms with van der Waals surface area (Å²) in [5, 5.41) is 4.20. The minimum absolute atomic E-state index is 0.0285. The van der Waals surface area contributed by atoms with Crippen LogP contribution in [0, 0.1) is 11.3 Å². The molecule has 0 N–H and O–H groups in total. The smallest absolute Gasteiger partial charge is 0.0580 e. The molecule has 3 nitrogen and oxygen atoms in total. The van der Waals surface area contributed by atoms with E-state index in [9.17, 15) is 0 Å². The molecule has 3 atom stereocenters. The number of fused-ring (bicyclic) bond motifs is 1. The number of allylic oxidation sites excluding steroid dienone is 10. The summed E-state index contributed by atoms with van der Waals surface area (Å²) in [5.41, 5.74) is 17.2. The standard InChI is InChI=1S/C60H55N3/c1-59(2)52-26-17-27-53-58(52)63-56-50(36-48(38-54(56)59)61(44-22-13-7-14-23-44)46-32-28-42(29-33-46)40-18-9-5-10-19-40)51-37-49(39-55(57(51)63)60(53,3)4)62(45-24-15-8-16-25-45)47-34-30-43(31-35-47)41-20-11-6-12-21-41/h5,7-11,13-25,27-32,34-37,39,46,48,52H,6,12,26,33,38H2,1-4H3. The third kappa shape index (κ3) is 5.92. The van der Waals surface area contributed by atoms with Crippen LogP contribution in [0.1, 0.15) is 76.5 Å². The van der Waals surface area contributed by atoms with Crippen molar-refractivity contribution >= 4 is 62.1 Å². The molecule has 6 aliphatic rings. The number of hydrogen-bond acceptors (Lipinski definition) is 2. The van der Waals surface area contributed by atoms with Gasteiger partial charge in [0.2, 0.25) is 0 Å². The predicted molar refractivity (Wildman–Crippen MR) is 267 cm³/mol. The first-order valence-electron chi connectivity index (χ1n) is 23.2. The molecule has 2 aliphatic heterocycles. The second-order valence-electron chi connectivity index (χ2n) is 19.5. The quantitative estimate of drug-likeness (QED) is 0.152. The van der Waals surface area contributed by atoms with Gasteiger partial charge < -0.3 is 14.4 Å². The Balaban J connectivity index is 1.09. The predicted octanol–water partition coefficient (Wildman–Crippen LogP) is 13.6. The van der Waals surface area contributed by atoms with Crippen LogP contribution >= 0.6 is 0 Å². The number of nitrogens with zero attached hydrogens (tertiary/aromatic N) is 3. The largest absolute Gasteiger partial charge is 0.358 e. The van der Waals surface area contributed by atoms with Crippen LogP contribution in [0.2, 0.25) is 0 Å². The van der Waals surface area contributed by atoms with Crippen molar-refractivity contribution in [3.63, 3.8) is 0 Å². The van der Waals surface area contributed by atoms with E-state index >= 15 is 0 Å². The van der Waals surface area contributed by atoms with Crippen LogP contribution in [0.15, 0.2) is 182 Å². The Morgan fingerprint density at radius 2 is 1.29 bits per heavy atom. The van der Waals surface area contributed by atoms with Gasteiger partial charge in [-0.1, -0.05) is 161 Å². The molecule has 63 heavy (non-hydrogen) atoms. The van der Waals surface area contributed by atoms with Crippen LogP contribution in [-0.2, 0) is 5.41 Å². The van der Waals surface area contributed by atoms with Crippen LogP contribution in [0.25, 0.3) is 39.4 Å². The van der Waals surface area contributed by atoms with Crippen molar-refractivity contribution in [1.82, 2.24) is 4.57 Å². The van der Waals surface area contributed by atoms with E-state index in [2.05, 4.69) is 224 Å². The van der Waals surface area contributed by atoms with Crippen molar-refractivity contribution < 1.29 is 0 Å². The van der Waals surface area contributed by atoms with E-state index in [0.29, 0.717) is 5.92 Å². The van der Waals surface area contributed by atoms with Crippen LogP contribution in [0.5, 0.6) is 0 Å². The fourth-order valence-corrected chi connectivity index (χ4v) is 12.1. The number of benzene rings is 5. The second-order valence-corrected chi connectivity index (χ2v) is 19.5. The average molecular weight is 818 g/mol. The van der Waals surface area contributed by atoms with Gasteiger partial charge in [0, 0.05) is 50.4 Å². The Morgan fingerprint density at radius 3 is 1.98 bits per heavy atom. The van der Waals surface area contributed by atoms with E-state index in [1.807, 2.05) is 0 Å². The Hall–Kier alpha value is -6.58. The fraction of sp³-hybridized carbons (Fsp3) is 0.233. The molecule has 6 aromatic rings. The van der Waals surface area contributed by atoms with Gasteiger partial charge >= 0.3 is 0 Å². The molecule has 4 aliphatic carbocycles. The molecule has 0 radical (unpaired) electrons. The topological polar surface area (TPSA) is 11.4 Å². The summed E-state index contributed by atoms with van der Waals surface area (Å²) < 4.78 is 2.77. The minimum atomic E-state index is -0.194. The maximum Gasteiger partial charge on any atom is 0.0580 e. The zero-order valence-corrected chi connectivity index (χ0v) is 36.9. The molecule has 0 fully saturated rings. The van der Waals surface area contributed by atoms with Crippen LogP contribution in [-0.4, -0.2) is 16.7 Å². The lowest BCUT2D eigenvalue weighted by molar-refractivity contribution is 0.330. The summed E-state index contributed by atoms with van der Waals surface area (Å²) in [6.45, 7) is 10.1. The van der Waals surface area contributed by atoms with Gasteiger partial charge in [0.1, 0.15) is 0 Å². The summed E-state index contributed by atoms with van der Waals surface area (Å²) in [6, 6.07) is 47.8. The van der Waals surface area contributed by atoms with E-state index in [1.165, 1.54) is 72.0 Å². The number of para-hydroxylation sites is 2. The van der Waals surface area contributed by atoms with Crippen LogP contribution < -0.4 is 20.4 Å². The molecule has 3 unspecified atom stereocenters. The lowest BCUT2D eigenvalue weighted by Crippen LogP contribution is -2.53. The number of rotatable bonds is 8. The van der Waals surface area contributed by atoms with Gasteiger partial charge in [0.05, 0.1) is 22.9 Å². The summed E-state index contributed by atoms with van der Waals surface area (Å²) in [7, 11) is 0. The monoisotopic (exact) mass is 817 g/mol. The Labute approximate surface area is 372 Å². The molecule has 0 saturated heterocycles. The first-order valence-corrected chi connectivity index (χ1v) is 23.2. The van der Waals surface area contributed by atoms with Crippen LogP contribution in [0.4, 0.5) is 22.7 Å². The lowest BCUT2D eigenvalue weighted by Gasteiger charge is -2.50. The van der Waals surface area contributed by atoms with Crippen molar-refractivity contribution in [3.8, 4) is 0 Å². The van der Waals surface area contributed by atoms with Gasteiger partial charge in [0.25, 0.3) is 0 Å². The van der Waals surface area contributed by atoms with Crippen molar-refractivity contribution in [3.05, 3.63) is 209 Å².